The maximum atomic E-state index is 12.4. The number of fused-ring (bicyclic) bond motifs is 2. The van der Waals surface area contributed by atoms with Crippen LogP contribution in [-0.4, -0.2) is 45.0 Å². The Balaban J connectivity index is 1.52. The molecule has 8 heteroatoms. The van der Waals surface area contributed by atoms with Crippen molar-refractivity contribution in [1.82, 2.24) is 19.7 Å². The van der Waals surface area contributed by atoms with E-state index < -0.39 is 0 Å². The summed E-state index contributed by atoms with van der Waals surface area (Å²) in [5.41, 5.74) is 3.24. The fourth-order valence-corrected chi connectivity index (χ4v) is 3.89. The van der Waals surface area contributed by atoms with Gasteiger partial charge in [0.05, 0.1) is 30.6 Å². The molecule has 7 nitrogen and oxygen atoms in total. The molecule has 2 aliphatic heterocycles. The molecule has 144 valence electrons. The van der Waals surface area contributed by atoms with E-state index in [0.29, 0.717) is 29.6 Å². The fraction of sp³-hybridized carbons (Fsp3) is 0.350. The van der Waals surface area contributed by atoms with Gasteiger partial charge in [-0.25, -0.2) is 9.48 Å². The van der Waals surface area contributed by atoms with Gasteiger partial charge in [0.15, 0.2) is 5.65 Å². The van der Waals surface area contributed by atoms with Crippen LogP contribution in [0.1, 0.15) is 24.1 Å². The molecule has 1 fully saturated rings. The summed E-state index contributed by atoms with van der Waals surface area (Å²) in [5.74, 6) is 0.344. The molecule has 2 aromatic heterocycles. The molecule has 0 N–H and O–H groups in total. The molecule has 1 amide bonds. The molecule has 28 heavy (non-hydrogen) atoms. The average Bonchev–Trinajstić information content (AvgIpc) is 3.30. The predicted octanol–water partition coefficient (Wildman–Crippen LogP) is 3.88. The summed E-state index contributed by atoms with van der Waals surface area (Å²) >= 11 is 5.99. The van der Waals surface area contributed by atoms with Crippen molar-refractivity contribution in [1.29, 1.82) is 0 Å². The highest BCUT2D eigenvalue weighted by molar-refractivity contribution is 6.30. The Hall–Kier alpha value is -2.64. The number of pyridine rings is 1. The van der Waals surface area contributed by atoms with E-state index in [0.717, 1.165) is 41.8 Å². The Kier molecular flexibility index (Phi) is 4.21. The Bertz CT molecular complexity index is 1060. The number of aromatic nitrogens is 3. The molecule has 0 radical (unpaired) electrons. The first-order valence-corrected chi connectivity index (χ1v) is 9.70. The minimum absolute atomic E-state index is 0.0835. The van der Waals surface area contributed by atoms with E-state index in [9.17, 15) is 4.79 Å². The summed E-state index contributed by atoms with van der Waals surface area (Å²) < 4.78 is 12.9. The maximum Gasteiger partial charge on any atom is 0.416 e. The minimum atomic E-state index is -0.385. The molecule has 1 saturated heterocycles. The monoisotopic (exact) mass is 398 g/mol. The molecular formula is C20H19ClN4O3. The van der Waals surface area contributed by atoms with E-state index in [1.54, 1.807) is 21.7 Å². The number of carbonyl (C=O) groups excluding carboxylic acids is 1. The number of rotatable bonds is 3. The van der Waals surface area contributed by atoms with Gasteiger partial charge in [0.2, 0.25) is 5.88 Å². The second-order valence-electron chi connectivity index (χ2n) is 7.18. The zero-order valence-electron chi connectivity index (χ0n) is 15.4. The Morgan fingerprint density at radius 2 is 2.11 bits per heavy atom. The van der Waals surface area contributed by atoms with Crippen LogP contribution in [0.5, 0.6) is 5.88 Å². The van der Waals surface area contributed by atoms with Gasteiger partial charge in [0, 0.05) is 22.6 Å². The van der Waals surface area contributed by atoms with Crippen LogP contribution in [0.3, 0.4) is 0 Å². The molecule has 1 unspecified atom stereocenters. The second-order valence-corrected chi connectivity index (χ2v) is 7.62. The van der Waals surface area contributed by atoms with E-state index >= 15 is 0 Å². The lowest BCUT2D eigenvalue weighted by atomic mass is 10.1. The third-order valence-corrected chi connectivity index (χ3v) is 5.46. The molecular weight excluding hydrogens is 380 g/mol. The third kappa shape index (κ3) is 3.00. The second kappa shape index (κ2) is 6.76. The van der Waals surface area contributed by atoms with Gasteiger partial charge in [-0.1, -0.05) is 11.6 Å². The van der Waals surface area contributed by atoms with Crippen molar-refractivity contribution in [3.05, 3.63) is 46.6 Å². The minimum Gasteiger partial charge on any atom is -0.391 e. The zero-order chi connectivity index (χ0) is 19.3. The molecule has 0 saturated carbocycles. The fourth-order valence-electron chi connectivity index (χ4n) is 3.76. The van der Waals surface area contributed by atoms with Crippen LogP contribution >= 0.6 is 11.6 Å². The topological polar surface area (TPSA) is 69.5 Å². The lowest BCUT2D eigenvalue weighted by Crippen LogP contribution is -2.41. The third-order valence-electron chi connectivity index (χ3n) is 5.20. The van der Waals surface area contributed by atoms with Crippen molar-refractivity contribution in [2.45, 2.75) is 32.4 Å². The van der Waals surface area contributed by atoms with E-state index in [-0.39, 0.29) is 12.2 Å². The number of halogens is 1. The summed E-state index contributed by atoms with van der Waals surface area (Å²) in [7, 11) is 0. The van der Waals surface area contributed by atoms with Gasteiger partial charge in [0.1, 0.15) is 0 Å². The summed E-state index contributed by atoms with van der Waals surface area (Å²) in [6.45, 7) is 3.71. The van der Waals surface area contributed by atoms with Crippen molar-refractivity contribution in [3.63, 3.8) is 0 Å². The predicted molar refractivity (Wildman–Crippen MR) is 104 cm³/mol. The Morgan fingerprint density at radius 3 is 2.86 bits per heavy atom. The average molecular weight is 399 g/mol. The molecule has 1 aromatic carbocycles. The van der Waals surface area contributed by atoms with Gasteiger partial charge < -0.3 is 14.4 Å². The SMILES string of the molecule is Cc1nn(-c2ccc(Cl)cc2)c2nc3c(cc12)CN(CC1CCCO1)C(=O)O3. The first-order valence-electron chi connectivity index (χ1n) is 9.32. The number of aryl methyl sites for hydroxylation is 1. The van der Waals surface area contributed by atoms with E-state index in [2.05, 4.69) is 10.1 Å². The first-order chi connectivity index (χ1) is 13.6. The zero-order valence-corrected chi connectivity index (χ0v) is 16.1. The van der Waals surface area contributed by atoms with Crippen LogP contribution in [-0.2, 0) is 11.3 Å². The van der Waals surface area contributed by atoms with E-state index in [4.69, 9.17) is 21.1 Å². The van der Waals surface area contributed by atoms with Crippen molar-refractivity contribution >= 4 is 28.7 Å². The number of amides is 1. The normalized spacial score (nSPS) is 19.1. The largest absolute Gasteiger partial charge is 0.416 e. The molecule has 1 atom stereocenters. The van der Waals surface area contributed by atoms with Gasteiger partial charge in [-0.2, -0.15) is 10.1 Å². The first kappa shape index (κ1) is 17.5. The smallest absolute Gasteiger partial charge is 0.391 e. The molecule has 4 heterocycles. The van der Waals surface area contributed by atoms with Crippen molar-refractivity contribution < 1.29 is 14.3 Å². The highest BCUT2D eigenvalue weighted by atomic mass is 35.5. The summed E-state index contributed by atoms with van der Waals surface area (Å²) in [6.07, 6.45) is 1.71. The van der Waals surface area contributed by atoms with Crippen LogP contribution in [0.15, 0.2) is 30.3 Å². The molecule has 2 aliphatic rings. The van der Waals surface area contributed by atoms with Gasteiger partial charge in [0.25, 0.3) is 0 Å². The number of nitrogens with zero attached hydrogens (tertiary/aromatic N) is 4. The quantitative estimate of drug-likeness (QED) is 0.669. The van der Waals surface area contributed by atoms with Crippen molar-refractivity contribution in [2.24, 2.45) is 0 Å². The number of ether oxygens (including phenoxy) is 2. The number of carbonyl (C=O) groups is 1. The highest BCUT2D eigenvalue weighted by Crippen LogP contribution is 2.31. The van der Waals surface area contributed by atoms with Crippen molar-refractivity contribution in [2.75, 3.05) is 13.2 Å². The van der Waals surface area contributed by atoms with Crippen LogP contribution < -0.4 is 4.74 Å². The van der Waals surface area contributed by atoms with Crippen LogP contribution in [0.4, 0.5) is 4.79 Å². The highest BCUT2D eigenvalue weighted by Gasteiger charge is 2.30. The Labute approximate surface area is 166 Å². The van der Waals surface area contributed by atoms with Crippen LogP contribution in [0.25, 0.3) is 16.7 Å². The number of hydrogen-bond donors (Lipinski definition) is 0. The number of benzene rings is 1. The Morgan fingerprint density at radius 1 is 1.29 bits per heavy atom. The summed E-state index contributed by atoms with van der Waals surface area (Å²) in [4.78, 5) is 18.8. The molecule has 5 rings (SSSR count). The lowest BCUT2D eigenvalue weighted by molar-refractivity contribution is 0.0641. The maximum absolute atomic E-state index is 12.4. The number of hydrogen-bond acceptors (Lipinski definition) is 5. The summed E-state index contributed by atoms with van der Waals surface area (Å²) in [5, 5.41) is 6.21. The lowest BCUT2D eigenvalue weighted by Gasteiger charge is -2.29. The van der Waals surface area contributed by atoms with E-state index in [1.165, 1.54) is 0 Å². The summed E-state index contributed by atoms with van der Waals surface area (Å²) in [6, 6.07) is 9.39. The van der Waals surface area contributed by atoms with Gasteiger partial charge >= 0.3 is 6.09 Å². The van der Waals surface area contributed by atoms with Gasteiger partial charge in [-0.3, -0.25) is 0 Å². The molecule has 0 aliphatic carbocycles. The van der Waals surface area contributed by atoms with E-state index in [1.807, 2.05) is 25.1 Å². The molecule has 0 spiro atoms. The molecule has 3 aromatic rings. The van der Waals surface area contributed by atoms with Crippen molar-refractivity contribution in [3.8, 4) is 11.6 Å². The van der Waals surface area contributed by atoms with Crippen LogP contribution in [0, 0.1) is 6.92 Å². The van der Waals surface area contributed by atoms with Gasteiger partial charge in [-0.05, 0) is 50.1 Å². The van der Waals surface area contributed by atoms with Gasteiger partial charge in [-0.15, -0.1) is 0 Å². The standard InChI is InChI=1S/C20H19ClN4O3/c1-12-17-9-13-10-24(11-16-3-2-8-27-16)20(26)28-19(13)22-18(17)25(23-12)15-6-4-14(21)5-7-15/h4-7,9,16H,2-3,8,10-11H2,1H3. The van der Waals surface area contributed by atoms with Crippen LogP contribution in [0.2, 0.25) is 5.02 Å². The molecule has 0 bridgehead atoms.